The van der Waals surface area contributed by atoms with Gasteiger partial charge in [-0.15, -0.1) is 0 Å². The minimum absolute atomic E-state index is 0.0631. The summed E-state index contributed by atoms with van der Waals surface area (Å²) in [6, 6.07) is 15.3. The van der Waals surface area contributed by atoms with E-state index in [1.807, 2.05) is 52.9 Å². The molecule has 0 saturated heterocycles. The fraction of sp³-hybridized carbons (Fsp3) is 0.0952. The topological polar surface area (TPSA) is 79.3 Å². The number of fused-ring (bicyclic) bond motifs is 5. The fourth-order valence-electron chi connectivity index (χ4n) is 3.76. The van der Waals surface area contributed by atoms with Gasteiger partial charge in [-0.1, -0.05) is 36.4 Å². The molecule has 1 amide bonds. The number of anilines is 1. The lowest BCUT2D eigenvalue weighted by atomic mass is 10.00. The van der Waals surface area contributed by atoms with Gasteiger partial charge in [0.05, 0.1) is 17.8 Å². The number of hydrogen-bond acceptors (Lipinski definition) is 3. The normalized spacial score (nSPS) is 12.0. The molecule has 0 atom stereocenters. The van der Waals surface area contributed by atoms with Crippen molar-refractivity contribution < 1.29 is 4.79 Å². The van der Waals surface area contributed by atoms with E-state index in [1.165, 1.54) is 0 Å². The Bertz CT molecular complexity index is 1240. The smallest absolute Gasteiger partial charge is 0.292 e. The predicted octanol–water partition coefficient (Wildman–Crippen LogP) is 2.78. The van der Waals surface area contributed by atoms with Gasteiger partial charge in [0.1, 0.15) is 0 Å². The first-order chi connectivity index (χ1) is 13.2. The van der Waals surface area contributed by atoms with E-state index in [4.69, 9.17) is 0 Å². The van der Waals surface area contributed by atoms with Crippen molar-refractivity contribution in [2.75, 3.05) is 5.32 Å². The fourth-order valence-corrected chi connectivity index (χ4v) is 3.76. The summed E-state index contributed by atoms with van der Waals surface area (Å²) in [5.41, 5.74) is 5.78. The molecule has 0 spiro atoms. The molecular formula is C21H16N4O2. The monoisotopic (exact) mass is 356 g/mol. The average Bonchev–Trinajstić information content (AvgIpc) is 3.29. The molecule has 2 heterocycles. The Labute approximate surface area is 154 Å². The molecule has 0 aliphatic heterocycles. The Morgan fingerprint density at radius 2 is 2.00 bits per heavy atom. The molecule has 0 saturated carbocycles. The maximum atomic E-state index is 12.5. The second-order valence-corrected chi connectivity index (χ2v) is 6.61. The lowest BCUT2D eigenvalue weighted by Gasteiger charge is -2.09. The number of para-hydroxylation sites is 1. The van der Waals surface area contributed by atoms with Crippen molar-refractivity contribution in [2.24, 2.45) is 0 Å². The number of rotatable bonds is 3. The first kappa shape index (κ1) is 15.6. The molecule has 0 radical (unpaired) electrons. The summed E-state index contributed by atoms with van der Waals surface area (Å²) in [4.78, 5) is 31.9. The molecule has 2 N–H and O–H groups in total. The summed E-state index contributed by atoms with van der Waals surface area (Å²) in [5, 5.41) is 2.93. The van der Waals surface area contributed by atoms with Crippen molar-refractivity contribution in [3.8, 4) is 11.3 Å². The van der Waals surface area contributed by atoms with E-state index in [9.17, 15) is 9.59 Å². The summed E-state index contributed by atoms with van der Waals surface area (Å²) in [5.74, 6) is -0.0631. The number of imidazole rings is 1. The number of aromatic nitrogens is 3. The van der Waals surface area contributed by atoms with Gasteiger partial charge in [0, 0.05) is 30.1 Å². The van der Waals surface area contributed by atoms with Gasteiger partial charge >= 0.3 is 0 Å². The Hall–Kier alpha value is -3.67. The largest absolute Gasteiger partial charge is 0.326 e. The quantitative estimate of drug-likeness (QED) is 0.522. The first-order valence-electron chi connectivity index (χ1n) is 8.75. The van der Waals surface area contributed by atoms with Gasteiger partial charge in [-0.25, -0.2) is 4.98 Å². The number of amides is 1. The zero-order chi connectivity index (χ0) is 18.4. The van der Waals surface area contributed by atoms with Crippen LogP contribution in [0.2, 0.25) is 0 Å². The van der Waals surface area contributed by atoms with Crippen LogP contribution in [0.4, 0.5) is 5.69 Å². The molecule has 132 valence electrons. The molecule has 4 aromatic rings. The van der Waals surface area contributed by atoms with Gasteiger partial charge in [-0.05, 0) is 23.3 Å². The molecule has 2 aromatic carbocycles. The molecule has 1 aliphatic rings. The molecule has 5 rings (SSSR count). The zero-order valence-corrected chi connectivity index (χ0v) is 14.4. The molecule has 1 aliphatic carbocycles. The summed E-state index contributed by atoms with van der Waals surface area (Å²) >= 11 is 0. The van der Waals surface area contributed by atoms with Gasteiger partial charge in [0.15, 0.2) is 0 Å². The minimum atomic E-state index is -0.209. The number of carbonyl (C=O) groups excluding carboxylic acids is 1. The third kappa shape index (κ3) is 2.54. The average molecular weight is 356 g/mol. The summed E-state index contributed by atoms with van der Waals surface area (Å²) < 4.78 is 1.84. The van der Waals surface area contributed by atoms with Crippen LogP contribution in [0.3, 0.4) is 0 Å². The highest BCUT2D eigenvalue weighted by molar-refractivity contribution is 5.93. The van der Waals surface area contributed by atoms with Crippen molar-refractivity contribution in [1.82, 2.24) is 14.4 Å². The minimum Gasteiger partial charge on any atom is -0.326 e. The van der Waals surface area contributed by atoms with E-state index in [2.05, 4.69) is 15.3 Å². The molecule has 2 aromatic heterocycles. The number of hydrogen-bond donors (Lipinski definition) is 2. The van der Waals surface area contributed by atoms with Crippen molar-refractivity contribution in [2.45, 2.75) is 12.8 Å². The number of aromatic amines is 1. The van der Waals surface area contributed by atoms with Gasteiger partial charge in [-0.2, -0.15) is 0 Å². The highest BCUT2D eigenvalue weighted by atomic mass is 16.1. The van der Waals surface area contributed by atoms with E-state index in [0.717, 1.165) is 33.8 Å². The number of benzene rings is 2. The van der Waals surface area contributed by atoms with E-state index in [1.54, 1.807) is 12.4 Å². The van der Waals surface area contributed by atoms with Crippen LogP contribution in [-0.2, 0) is 17.6 Å². The number of nitrogens with one attached hydrogen (secondary N) is 2. The molecule has 6 heteroatoms. The van der Waals surface area contributed by atoms with Crippen LogP contribution in [0.25, 0.3) is 16.9 Å². The van der Waals surface area contributed by atoms with Crippen LogP contribution >= 0.6 is 0 Å². The highest BCUT2D eigenvalue weighted by Gasteiger charge is 2.25. The van der Waals surface area contributed by atoms with Crippen molar-refractivity contribution in [1.29, 1.82) is 0 Å². The van der Waals surface area contributed by atoms with Gasteiger partial charge < -0.3 is 10.3 Å². The van der Waals surface area contributed by atoms with Gasteiger partial charge in [0.2, 0.25) is 11.6 Å². The number of carbonyl (C=O) groups is 1. The van der Waals surface area contributed by atoms with Crippen LogP contribution in [0.1, 0.15) is 16.8 Å². The maximum absolute atomic E-state index is 12.5. The van der Waals surface area contributed by atoms with Crippen molar-refractivity contribution in [3.05, 3.63) is 88.1 Å². The van der Waals surface area contributed by atoms with E-state index in [0.29, 0.717) is 12.1 Å². The lowest BCUT2D eigenvalue weighted by molar-refractivity contribution is -0.115. The Morgan fingerprint density at radius 3 is 2.85 bits per heavy atom. The van der Waals surface area contributed by atoms with Crippen molar-refractivity contribution >= 4 is 17.2 Å². The number of nitrogens with zero attached hydrogens (tertiary/aromatic N) is 2. The SMILES string of the molecule is O=C(Cc1cccc2c1Cc1c-2[nH]c(=O)c2nccn12)Nc1ccccc1. The van der Waals surface area contributed by atoms with E-state index >= 15 is 0 Å². The standard InChI is InChI=1S/C21H16N4O2/c26-18(23-14-6-2-1-3-7-14)11-13-5-4-8-15-16(13)12-17-19(15)24-21(27)20-22-9-10-25(17)20/h1-10H,11-12H2,(H,23,26)(H,24,27). The molecule has 27 heavy (non-hydrogen) atoms. The van der Waals surface area contributed by atoms with Crippen LogP contribution < -0.4 is 10.9 Å². The zero-order valence-electron chi connectivity index (χ0n) is 14.4. The molecular weight excluding hydrogens is 340 g/mol. The lowest BCUT2D eigenvalue weighted by Crippen LogP contribution is -2.15. The van der Waals surface area contributed by atoms with Crippen LogP contribution in [0, 0.1) is 0 Å². The summed E-state index contributed by atoms with van der Waals surface area (Å²) in [7, 11) is 0. The molecule has 0 fully saturated rings. The predicted molar refractivity (Wildman–Crippen MR) is 103 cm³/mol. The Kier molecular flexibility index (Phi) is 3.43. The molecule has 6 nitrogen and oxygen atoms in total. The van der Waals surface area contributed by atoms with Crippen LogP contribution in [0.15, 0.2) is 65.7 Å². The van der Waals surface area contributed by atoms with Gasteiger partial charge in [0.25, 0.3) is 5.56 Å². The maximum Gasteiger partial charge on any atom is 0.292 e. The number of H-pyrrole nitrogens is 1. The van der Waals surface area contributed by atoms with E-state index < -0.39 is 0 Å². The molecule has 0 bridgehead atoms. The summed E-state index contributed by atoms with van der Waals surface area (Å²) in [6.45, 7) is 0. The Balaban J connectivity index is 1.51. The van der Waals surface area contributed by atoms with Crippen LogP contribution in [0.5, 0.6) is 0 Å². The third-order valence-electron chi connectivity index (χ3n) is 4.96. The van der Waals surface area contributed by atoms with E-state index in [-0.39, 0.29) is 17.9 Å². The Morgan fingerprint density at radius 1 is 1.15 bits per heavy atom. The van der Waals surface area contributed by atoms with Crippen molar-refractivity contribution in [3.63, 3.8) is 0 Å². The molecule has 0 unspecified atom stereocenters. The van der Waals surface area contributed by atoms with Crippen LogP contribution in [-0.4, -0.2) is 20.3 Å². The highest BCUT2D eigenvalue weighted by Crippen LogP contribution is 2.36. The van der Waals surface area contributed by atoms with Gasteiger partial charge in [-0.3, -0.25) is 14.0 Å². The summed E-state index contributed by atoms with van der Waals surface area (Å²) in [6.07, 6.45) is 4.37. The third-order valence-corrected chi connectivity index (χ3v) is 4.96. The second-order valence-electron chi connectivity index (χ2n) is 6.61. The first-order valence-corrected chi connectivity index (χ1v) is 8.75. The second kappa shape index (κ2) is 5.95.